The predicted molar refractivity (Wildman–Crippen MR) is 309 cm³/mol. The average molecular weight is 1180 g/mol. The van der Waals surface area contributed by atoms with E-state index in [2.05, 4.69) is 62.8 Å². The van der Waals surface area contributed by atoms with Crippen molar-refractivity contribution in [1.82, 2.24) is 57.7 Å². The first kappa shape index (κ1) is 64.7. The highest BCUT2D eigenvalue weighted by Crippen LogP contribution is 2.22. The molecule has 8 atom stereocenters. The summed E-state index contributed by atoms with van der Waals surface area (Å²) >= 11 is 0. The first-order chi connectivity index (χ1) is 40.6. The molecule has 0 unspecified atom stereocenters. The summed E-state index contributed by atoms with van der Waals surface area (Å²) in [6, 6.07) is 4.47. The van der Waals surface area contributed by atoms with E-state index in [0.29, 0.717) is 47.0 Å². The lowest BCUT2D eigenvalue weighted by Crippen LogP contribution is -2.60. The van der Waals surface area contributed by atoms with Gasteiger partial charge in [-0.1, -0.05) is 54.6 Å². The SMILES string of the molecule is CC(=O)N[C@H]1CCCNC(=O)C[C@@H](C(=O)N2CCC[C@H]2C(C)=O)NC(=O)CNC(=O)[C@H](Cc2c[nH]c3ccccc23)NC(=O)[C@H](CCCN=C(N)N)NC(=O)[C@@H](Cc2ccccc2)NC(=O)[C@H](CC2=CCC=N2)NC(=O)[C@H](CCC(=O)O)NC1=O. The Bertz CT molecular complexity index is 3050. The van der Waals surface area contributed by atoms with Crippen molar-refractivity contribution < 1.29 is 62.6 Å². The Morgan fingerprint density at radius 1 is 0.706 bits per heavy atom. The number of carboxylic acid groups (broad SMARTS) is 1. The predicted octanol–water partition coefficient (Wildman–Crippen LogP) is -1.97. The van der Waals surface area contributed by atoms with Crippen molar-refractivity contribution in [2.75, 3.05) is 26.2 Å². The number of aromatic nitrogens is 1. The minimum Gasteiger partial charge on any atom is -0.481 e. The van der Waals surface area contributed by atoms with Gasteiger partial charge in [-0.25, -0.2) is 0 Å². The molecule has 1 aromatic heterocycles. The van der Waals surface area contributed by atoms with Gasteiger partial charge < -0.3 is 74.3 Å². The van der Waals surface area contributed by atoms with E-state index in [4.69, 9.17) is 11.5 Å². The molecule has 3 aromatic rings. The number of guanidine groups is 1. The third kappa shape index (κ3) is 20.1. The van der Waals surface area contributed by atoms with Crippen LogP contribution in [0.2, 0.25) is 0 Å². The van der Waals surface area contributed by atoms with Crippen molar-refractivity contribution in [3.63, 3.8) is 0 Å². The second-order valence-corrected chi connectivity index (χ2v) is 21.0. The minimum absolute atomic E-state index is 0.000372. The molecule has 10 amide bonds. The van der Waals surface area contributed by atoms with Crippen molar-refractivity contribution in [3.05, 3.63) is 83.7 Å². The van der Waals surface area contributed by atoms with Gasteiger partial charge >= 0.3 is 5.97 Å². The number of likely N-dealkylation sites (tertiary alicyclic amines) is 1. The summed E-state index contributed by atoms with van der Waals surface area (Å²) in [7, 11) is 0. The van der Waals surface area contributed by atoms with Crippen molar-refractivity contribution in [2.24, 2.45) is 21.5 Å². The molecule has 0 bridgehead atoms. The van der Waals surface area contributed by atoms with Crippen LogP contribution in [0.25, 0.3) is 10.9 Å². The molecule has 2 aromatic carbocycles. The minimum atomic E-state index is -1.62. The molecule has 28 heteroatoms. The lowest BCUT2D eigenvalue weighted by Gasteiger charge is -2.28. The van der Waals surface area contributed by atoms with E-state index in [1.165, 1.54) is 11.8 Å². The molecule has 4 heterocycles. The molecule has 3 aliphatic heterocycles. The number of carboxylic acids is 1. The highest BCUT2D eigenvalue weighted by Gasteiger charge is 2.38. The van der Waals surface area contributed by atoms with Gasteiger partial charge in [-0.15, -0.1) is 0 Å². The van der Waals surface area contributed by atoms with Gasteiger partial charge in [0, 0.05) is 87.7 Å². The fourth-order valence-corrected chi connectivity index (χ4v) is 10.1. The number of amides is 10. The first-order valence-electron chi connectivity index (χ1n) is 28.2. The summed E-state index contributed by atoms with van der Waals surface area (Å²) in [4.78, 5) is 178. The Balaban J connectivity index is 1.39. The third-order valence-corrected chi connectivity index (χ3v) is 14.4. The lowest BCUT2D eigenvalue weighted by molar-refractivity contribution is -0.141. The number of hydrogen-bond donors (Lipinski definition) is 13. The number of Topliss-reactive ketones (excluding diaryl/α,β-unsaturated/α-hetero) is 1. The first-order valence-corrected chi connectivity index (χ1v) is 28.2. The van der Waals surface area contributed by atoms with Crippen LogP contribution in [0.15, 0.2) is 82.6 Å². The molecule has 3 aliphatic rings. The number of para-hydroxylation sites is 1. The molecule has 28 nitrogen and oxygen atoms in total. The maximum absolute atomic E-state index is 14.8. The number of hydrogen-bond acceptors (Lipinski definition) is 14. The largest absolute Gasteiger partial charge is 0.481 e. The number of ketones is 1. The van der Waals surface area contributed by atoms with Crippen LogP contribution in [0.3, 0.4) is 0 Å². The van der Waals surface area contributed by atoms with Crippen LogP contribution in [-0.4, -0.2) is 173 Å². The zero-order chi connectivity index (χ0) is 61.6. The Labute approximate surface area is 489 Å². The number of H-pyrrole nitrogens is 1. The fraction of sp³-hybridized carbons (Fsp3) is 0.474. The van der Waals surface area contributed by atoms with Crippen molar-refractivity contribution in [3.8, 4) is 0 Å². The van der Waals surface area contributed by atoms with Gasteiger partial charge in [0.1, 0.15) is 42.3 Å². The molecular weight excluding hydrogens is 1100 g/mol. The number of nitrogens with one attached hydrogen (secondary N) is 10. The number of rotatable bonds is 16. The van der Waals surface area contributed by atoms with Crippen molar-refractivity contribution in [2.45, 2.75) is 146 Å². The van der Waals surface area contributed by atoms with Crippen molar-refractivity contribution in [1.29, 1.82) is 0 Å². The molecular formula is C57H75N15O13. The van der Waals surface area contributed by atoms with E-state index in [-0.39, 0.29) is 76.3 Å². The number of allylic oxidation sites excluding steroid dienone is 1. The number of carbonyl (C=O) groups is 12. The number of fused-ring (bicyclic) bond motifs is 1. The topological polar surface area (TPSA) is 429 Å². The highest BCUT2D eigenvalue weighted by molar-refractivity contribution is 5.99. The van der Waals surface area contributed by atoms with E-state index in [1.54, 1.807) is 73.1 Å². The molecule has 0 spiro atoms. The summed E-state index contributed by atoms with van der Waals surface area (Å²) in [6.07, 6.45) is 3.64. The van der Waals surface area contributed by atoms with E-state index in [1.807, 2.05) is 0 Å². The zero-order valence-corrected chi connectivity index (χ0v) is 47.4. The normalized spacial score (nSPS) is 23.7. The van der Waals surface area contributed by atoms with Gasteiger partial charge in [-0.2, -0.15) is 0 Å². The second-order valence-electron chi connectivity index (χ2n) is 21.0. The molecule has 2 saturated heterocycles. The molecule has 0 saturated carbocycles. The smallest absolute Gasteiger partial charge is 0.303 e. The number of aliphatic carboxylic acids is 1. The maximum atomic E-state index is 14.8. The summed E-state index contributed by atoms with van der Waals surface area (Å²) in [5.74, 6) is -10.4. The quantitative estimate of drug-likeness (QED) is 0.0420. The van der Waals surface area contributed by atoms with E-state index < -0.39 is 139 Å². The molecule has 2 fully saturated rings. The lowest BCUT2D eigenvalue weighted by atomic mass is 10.0. The van der Waals surface area contributed by atoms with Crippen LogP contribution in [0.5, 0.6) is 0 Å². The van der Waals surface area contributed by atoms with Gasteiger partial charge in [0.15, 0.2) is 11.7 Å². The summed E-state index contributed by atoms with van der Waals surface area (Å²) in [6.45, 7) is 1.70. The molecule has 0 aliphatic carbocycles. The van der Waals surface area contributed by atoms with Crippen LogP contribution in [0.1, 0.15) is 95.6 Å². The third-order valence-electron chi connectivity index (χ3n) is 14.4. The summed E-state index contributed by atoms with van der Waals surface area (Å²) < 4.78 is 0. The second kappa shape index (κ2) is 31.8. The van der Waals surface area contributed by atoms with Gasteiger partial charge in [0.25, 0.3) is 0 Å². The molecule has 456 valence electrons. The Morgan fingerprint density at radius 2 is 1.34 bits per heavy atom. The Morgan fingerprint density at radius 3 is 2.00 bits per heavy atom. The zero-order valence-electron chi connectivity index (χ0n) is 47.4. The number of benzene rings is 2. The van der Waals surface area contributed by atoms with Gasteiger partial charge in [-0.3, -0.25) is 67.5 Å². The van der Waals surface area contributed by atoms with E-state index in [0.717, 1.165) is 6.92 Å². The van der Waals surface area contributed by atoms with Gasteiger partial charge in [0.05, 0.1) is 19.0 Å². The summed E-state index contributed by atoms with van der Waals surface area (Å²) in [5, 5.41) is 33.9. The van der Waals surface area contributed by atoms with Crippen LogP contribution in [-0.2, 0) is 70.4 Å². The van der Waals surface area contributed by atoms with Crippen molar-refractivity contribution >= 4 is 93.9 Å². The molecule has 6 rings (SSSR count). The standard InChI is InChI=1S/C57H75N15O13/c1-32(73)46-19-11-25-72(46)56(85)45-29-47(75)61-23-9-17-39(65-33(2)74)51(80)68-41(20-21-49(77)78)53(82)71-44(28-36-14-8-22-60-36)55(84)69-42(26-34-12-4-3-5-13-34)54(83)67-40(18-10-24-62-57(58)59)52(81)70-43(50(79)64-31-48(76)66-45)27-35-30-63-38-16-7-6-15-37(35)38/h3-7,12-16,22,30,39-46,63H,8-11,17-21,23-29,31H2,1-2H3,(H,61,75)(H,64,79)(H,65,74)(H,66,76)(H,67,83)(H,68,80)(H,69,84)(H,70,81)(H,71,82)(H,77,78)(H4,58,59,62)/t39-,40-,41-,42+,43-,44-,45-,46-/m0/s1. The Kier molecular flexibility index (Phi) is 24.2. The van der Waals surface area contributed by atoms with Gasteiger partial charge in [-0.05, 0) is 69.1 Å². The van der Waals surface area contributed by atoms with Crippen LogP contribution >= 0.6 is 0 Å². The van der Waals surface area contributed by atoms with Crippen LogP contribution in [0, 0.1) is 0 Å². The molecule has 15 N–H and O–H groups in total. The number of aromatic amines is 1. The van der Waals surface area contributed by atoms with Gasteiger partial charge in [0.2, 0.25) is 59.1 Å². The average Bonchev–Trinajstić information content (AvgIpc) is 3.24. The monoisotopic (exact) mass is 1180 g/mol. The van der Waals surface area contributed by atoms with E-state index >= 15 is 0 Å². The highest BCUT2D eigenvalue weighted by atomic mass is 16.4. The number of nitrogens with zero attached hydrogens (tertiary/aromatic N) is 3. The summed E-state index contributed by atoms with van der Waals surface area (Å²) in [5.41, 5.74) is 13.4. The fourth-order valence-electron chi connectivity index (χ4n) is 10.1. The van der Waals surface area contributed by atoms with Crippen LogP contribution < -0.4 is 59.3 Å². The number of aliphatic imine (C=N–C) groups is 2. The molecule has 85 heavy (non-hydrogen) atoms. The molecule has 0 radical (unpaired) electrons. The Hall–Kier alpha value is -9.50. The number of nitrogens with two attached hydrogens (primary N) is 2. The van der Waals surface area contributed by atoms with Crippen LogP contribution in [0.4, 0.5) is 0 Å². The maximum Gasteiger partial charge on any atom is 0.303 e. The van der Waals surface area contributed by atoms with E-state index in [9.17, 15) is 62.6 Å². The number of carbonyl (C=O) groups excluding carboxylic acids is 11.